The molecule has 0 spiro atoms. The summed E-state index contributed by atoms with van der Waals surface area (Å²) in [4.78, 5) is 21.6. The number of aliphatic imine (C=N–C) groups is 1. The number of carbonyl (C=O) groups is 1. The lowest BCUT2D eigenvalue weighted by Gasteiger charge is -2.35. The molecular weight excluding hydrogens is 510 g/mol. The Morgan fingerprint density at radius 2 is 1.50 bits per heavy atom. The van der Waals surface area contributed by atoms with Crippen molar-refractivity contribution in [2.45, 2.75) is 52.5 Å². The number of amidine groups is 1. The number of thioether (sulfide) groups is 1. The van der Waals surface area contributed by atoms with E-state index in [4.69, 9.17) is 4.99 Å². The number of aryl methyl sites for hydroxylation is 1. The van der Waals surface area contributed by atoms with Gasteiger partial charge in [0, 0.05) is 23.1 Å². The number of rotatable bonds is 5. The van der Waals surface area contributed by atoms with Crippen LogP contribution in [0.25, 0.3) is 22.9 Å². The number of aromatic nitrogens is 1. The highest BCUT2D eigenvalue weighted by Crippen LogP contribution is 2.40. The van der Waals surface area contributed by atoms with Gasteiger partial charge in [-0.05, 0) is 97.5 Å². The largest absolute Gasteiger partial charge is 0.318 e. The summed E-state index contributed by atoms with van der Waals surface area (Å²) in [6.07, 6.45) is 6.64. The summed E-state index contributed by atoms with van der Waals surface area (Å²) in [5, 5.41) is 0.798. The van der Waals surface area contributed by atoms with Crippen molar-refractivity contribution >= 4 is 34.6 Å². The van der Waals surface area contributed by atoms with Crippen molar-refractivity contribution in [1.29, 1.82) is 0 Å². The Morgan fingerprint density at radius 3 is 2.20 bits per heavy atom. The van der Waals surface area contributed by atoms with Crippen LogP contribution in [0.3, 0.4) is 0 Å². The molecule has 0 unspecified atom stereocenters. The van der Waals surface area contributed by atoms with Gasteiger partial charge in [-0.1, -0.05) is 80.4 Å². The molecule has 1 aliphatic heterocycles. The molecule has 4 nitrogen and oxygen atoms in total. The maximum atomic E-state index is 13.9. The molecule has 40 heavy (non-hydrogen) atoms. The van der Waals surface area contributed by atoms with Gasteiger partial charge in [0.2, 0.25) is 0 Å². The molecule has 2 heterocycles. The first-order valence-electron chi connectivity index (χ1n) is 14.2. The Morgan fingerprint density at radius 1 is 0.850 bits per heavy atom. The van der Waals surface area contributed by atoms with Crippen molar-refractivity contribution in [3.05, 3.63) is 113 Å². The highest BCUT2D eigenvalue weighted by Gasteiger charge is 2.41. The van der Waals surface area contributed by atoms with Crippen LogP contribution >= 0.6 is 11.8 Å². The van der Waals surface area contributed by atoms with Crippen LogP contribution in [0.4, 0.5) is 5.69 Å². The molecule has 1 aliphatic carbocycles. The lowest BCUT2D eigenvalue weighted by Crippen LogP contribution is -2.44. The van der Waals surface area contributed by atoms with Gasteiger partial charge in [-0.2, -0.15) is 0 Å². The average Bonchev–Trinajstić information content (AvgIpc) is 3.43. The molecular formula is C35H35N3OS. The van der Waals surface area contributed by atoms with Gasteiger partial charge in [0.1, 0.15) is 0 Å². The third-order valence-corrected chi connectivity index (χ3v) is 9.19. The molecule has 1 aromatic heterocycles. The minimum atomic E-state index is 0.0791. The topological polar surface area (TPSA) is 37.6 Å². The second-order valence-corrected chi connectivity index (χ2v) is 11.9. The molecule has 2 atom stereocenters. The highest BCUT2D eigenvalue weighted by atomic mass is 32.2. The van der Waals surface area contributed by atoms with Crippen LogP contribution in [0.5, 0.6) is 0 Å². The number of nitrogens with zero attached hydrogens (tertiary/aromatic N) is 3. The third-order valence-electron chi connectivity index (χ3n) is 8.21. The molecule has 3 aromatic carbocycles. The summed E-state index contributed by atoms with van der Waals surface area (Å²) < 4.78 is 2.27. The molecule has 0 radical (unpaired) electrons. The fourth-order valence-electron chi connectivity index (χ4n) is 6.06. The minimum absolute atomic E-state index is 0.0791. The van der Waals surface area contributed by atoms with Crippen molar-refractivity contribution in [3.8, 4) is 16.8 Å². The van der Waals surface area contributed by atoms with Crippen molar-refractivity contribution in [3.63, 3.8) is 0 Å². The van der Waals surface area contributed by atoms with E-state index >= 15 is 0 Å². The molecule has 1 amide bonds. The maximum Gasteiger partial charge on any atom is 0.267 e. The monoisotopic (exact) mass is 545 g/mol. The number of hydrogen-bond donors (Lipinski definition) is 0. The van der Waals surface area contributed by atoms with E-state index < -0.39 is 0 Å². The van der Waals surface area contributed by atoms with Crippen LogP contribution in [-0.4, -0.2) is 26.6 Å². The predicted molar refractivity (Wildman–Crippen MR) is 168 cm³/mol. The van der Waals surface area contributed by atoms with Crippen LogP contribution in [0, 0.1) is 19.8 Å². The molecule has 5 heteroatoms. The SMILES string of the molecule is Cc1cc(/C=C2\SC(=Nc3ccccc3)N([C@@H]3CCCC[C@@H]3C)C2=O)c(C)n1-c1ccc(-c2ccccc2)cc1. The first kappa shape index (κ1) is 26.4. The molecule has 2 fully saturated rings. The van der Waals surface area contributed by atoms with E-state index in [0.29, 0.717) is 5.92 Å². The summed E-state index contributed by atoms with van der Waals surface area (Å²) in [7, 11) is 0. The van der Waals surface area contributed by atoms with Crippen molar-refractivity contribution in [2.24, 2.45) is 10.9 Å². The van der Waals surface area contributed by atoms with Crippen LogP contribution in [0.1, 0.15) is 49.6 Å². The summed E-state index contributed by atoms with van der Waals surface area (Å²) in [6.45, 7) is 6.54. The lowest BCUT2D eigenvalue weighted by atomic mass is 9.85. The van der Waals surface area contributed by atoms with E-state index in [2.05, 4.69) is 86.0 Å². The second-order valence-electron chi connectivity index (χ2n) is 10.9. The molecule has 2 aliphatic rings. The van der Waals surface area contributed by atoms with Gasteiger partial charge in [0.15, 0.2) is 5.17 Å². The van der Waals surface area contributed by atoms with E-state index in [9.17, 15) is 4.79 Å². The predicted octanol–water partition coefficient (Wildman–Crippen LogP) is 8.94. The first-order valence-corrected chi connectivity index (χ1v) is 15.0. The molecule has 1 saturated carbocycles. The van der Waals surface area contributed by atoms with Crippen LogP contribution in [-0.2, 0) is 4.79 Å². The summed E-state index contributed by atoms with van der Waals surface area (Å²) in [5.41, 5.74) is 7.74. The van der Waals surface area contributed by atoms with Gasteiger partial charge in [0.25, 0.3) is 5.91 Å². The number of para-hydroxylation sites is 1. The fourth-order valence-corrected chi connectivity index (χ4v) is 7.09. The van der Waals surface area contributed by atoms with Gasteiger partial charge in [-0.15, -0.1) is 0 Å². The Kier molecular flexibility index (Phi) is 7.48. The molecule has 0 bridgehead atoms. The molecule has 6 rings (SSSR count). The summed E-state index contributed by atoms with van der Waals surface area (Å²) in [5.74, 6) is 0.540. The number of carbonyl (C=O) groups excluding carboxylic acids is 1. The second kappa shape index (κ2) is 11.3. The molecule has 4 aromatic rings. The molecule has 1 saturated heterocycles. The molecule has 0 N–H and O–H groups in total. The van der Waals surface area contributed by atoms with Gasteiger partial charge < -0.3 is 4.57 Å². The minimum Gasteiger partial charge on any atom is -0.318 e. The average molecular weight is 546 g/mol. The Bertz CT molecular complexity index is 1570. The number of benzene rings is 3. The normalized spacial score (nSPS) is 21.5. The molecule has 202 valence electrons. The van der Waals surface area contributed by atoms with E-state index in [0.717, 1.165) is 57.7 Å². The van der Waals surface area contributed by atoms with Gasteiger partial charge in [-0.25, -0.2) is 4.99 Å². The van der Waals surface area contributed by atoms with Crippen LogP contribution < -0.4 is 0 Å². The third kappa shape index (κ3) is 5.18. The first-order chi connectivity index (χ1) is 19.5. The Balaban J connectivity index is 1.34. The zero-order valence-corrected chi connectivity index (χ0v) is 24.2. The van der Waals surface area contributed by atoms with E-state index in [1.807, 2.05) is 41.3 Å². The fraction of sp³-hybridized carbons (Fsp3) is 0.257. The van der Waals surface area contributed by atoms with Crippen LogP contribution in [0.15, 0.2) is 101 Å². The quantitative estimate of drug-likeness (QED) is 0.235. The van der Waals surface area contributed by atoms with Gasteiger partial charge >= 0.3 is 0 Å². The zero-order chi connectivity index (χ0) is 27.6. The lowest BCUT2D eigenvalue weighted by molar-refractivity contribution is -0.124. The van der Waals surface area contributed by atoms with E-state index in [1.165, 1.54) is 29.3 Å². The highest BCUT2D eigenvalue weighted by molar-refractivity contribution is 8.18. The number of amides is 1. The summed E-state index contributed by atoms with van der Waals surface area (Å²) >= 11 is 1.51. The Labute approximate surface area is 241 Å². The van der Waals surface area contributed by atoms with Gasteiger partial charge in [0.05, 0.1) is 10.6 Å². The number of hydrogen-bond acceptors (Lipinski definition) is 3. The zero-order valence-electron chi connectivity index (χ0n) is 23.4. The maximum absolute atomic E-state index is 13.9. The summed E-state index contributed by atoms with van der Waals surface area (Å²) in [6, 6.07) is 31.5. The van der Waals surface area contributed by atoms with Crippen LogP contribution in [0.2, 0.25) is 0 Å². The smallest absolute Gasteiger partial charge is 0.267 e. The van der Waals surface area contributed by atoms with Crippen molar-refractivity contribution < 1.29 is 4.79 Å². The van der Waals surface area contributed by atoms with Gasteiger partial charge in [-0.3, -0.25) is 9.69 Å². The Hall–Kier alpha value is -3.83. The van der Waals surface area contributed by atoms with E-state index in [-0.39, 0.29) is 11.9 Å². The van der Waals surface area contributed by atoms with Crippen molar-refractivity contribution in [2.75, 3.05) is 0 Å². The standard InChI is InChI=1S/C35H35N3OS/c1-24-12-10-11-17-32(24)38-34(39)33(40-35(38)36-30-15-8-5-9-16-30)23-29-22-25(2)37(26(29)3)31-20-18-28(19-21-31)27-13-6-4-7-14-27/h4-9,13-16,18-24,32H,10-12,17H2,1-3H3/b33-23-,36-35?/t24-,32+/m0/s1. The van der Waals surface area contributed by atoms with E-state index in [1.54, 1.807) is 0 Å². The van der Waals surface area contributed by atoms with Crippen molar-refractivity contribution in [1.82, 2.24) is 9.47 Å².